The van der Waals surface area contributed by atoms with Crippen molar-refractivity contribution in [1.82, 2.24) is 9.80 Å². The van der Waals surface area contributed by atoms with Gasteiger partial charge in [0.15, 0.2) is 0 Å². The summed E-state index contributed by atoms with van der Waals surface area (Å²) in [6.45, 7) is 3.24. The van der Waals surface area contributed by atoms with Crippen LogP contribution in [0.15, 0.2) is 78.9 Å². The minimum atomic E-state index is -0.906. The van der Waals surface area contributed by atoms with E-state index in [1.54, 1.807) is 41.1 Å². The van der Waals surface area contributed by atoms with Crippen LogP contribution >= 0.6 is 0 Å². The van der Waals surface area contributed by atoms with E-state index in [-0.39, 0.29) is 11.9 Å². The first-order chi connectivity index (χ1) is 18.4. The highest BCUT2D eigenvalue weighted by Gasteiger charge is 2.44. The number of anilines is 1. The van der Waals surface area contributed by atoms with Crippen LogP contribution in [-0.2, 0) is 0 Å². The fourth-order valence-corrected chi connectivity index (χ4v) is 6.08. The average Bonchev–Trinajstić information content (AvgIpc) is 3.51. The van der Waals surface area contributed by atoms with Crippen LogP contribution in [0.2, 0.25) is 0 Å². The van der Waals surface area contributed by atoms with Crippen LogP contribution in [0.5, 0.6) is 0 Å². The lowest BCUT2D eigenvalue weighted by Gasteiger charge is -2.30. The number of rotatable bonds is 8. The van der Waals surface area contributed by atoms with Gasteiger partial charge in [-0.3, -0.25) is 14.5 Å². The zero-order valence-corrected chi connectivity index (χ0v) is 21.6. The topological polar surface area (TPSA) is 81.2 Å². The second-order valence-electron chi connectivity index (χ2n) is 10.4. The zero-order valence-electron chi connectivity index (χ0n) is 21.6. The Kier molecular flexibility index (Phi) is 7.56. The number of amides is 2. The molecular formula is C31H33N3O4. The van der Waals surface area contributed by atoms with Gasteiger partial charge in [-0.2, -0.15) is 0 Å². The summed E-state index contributed by atoms with van der Waals surface area (Å²) in [7, 11) is 1.80. The Labute approximate surface area is 223 Å². The highest BCUT2D eigenvalue weighted by Crippen LogP contribution is 2.43. The highest BCUT2D eigenvalue weighted by molar-refractivity contribution is 5.95. The van der Waals surface area contributed by atoms with Gasteiger partial charge in [-0.25, -0.2) is 4.79 Å². The van der Waals surface area contributed by atoms with Crippen molar-refractivity contribution in [2.45, 2.75) is 18.9 Å². The lowest BCUT2D eigenvalue weighted by Crippen LogP contribution is -2.40. The molecule has 1 unspecified atom stereocenters. The van der Waals surface area contributed by atoms with E-state index in [0.717, 1.165) is 55.6 Å². The molecule has 3 atom stereocenters. The molecule has 1 saturated carbocycles. The van der Waals surface area contributed by atoms with E-state index in [2.05, 4.69) is 4.90 Å². The van der Waals surface area contributed by atoms with Gasteiger partial charge in [0.25, 0.3) is 5.91 Å². The maximum atomic E-state index is 12.7. The first kappa shape index (κ1) is 25.7. The average molecular weight is 512 g/mol. The molecule has 2 amide bonds. The normalized spacial score (nSPS) is 20.6. The molecule has 3 aromatic rings. The van der Waals surface area contributed by atoms with Gasteiger partial charge in [0.1, 0.15) is 6.29 Å². The molecule has 1 aliphatic heterocycles. The maximum Gasteiger partial charge on any atom is 0.412 e. The Balaban J connectivity index is 1.20. The van der Waals surface area contributed by atoms with E-state index >= 15 is 0 Å². The summed E-state index contributed by atoms with van der Waals surface area (Å²) < 4.78 is 0. The van der Waals surface area contributed by atoms with Gasteiger partial charge in [0.05, 0.1) is 5.69 Å². The van der Waals surface area contributed by atoms with E-state index in [9.17, 15) is 19.5 Å². The third kappa shape index (κ3) is 5.34. The fraction of sp³-hybridized carbons (Fsp3) is 0.323. The van der Waals surface area contributed by atoms with Crippen LogP contribution in [0.1, 0.15) is 33.6 Å². The third-order valence-corrected chi connectivity index (χ3v) is 8.01. The lowest BCUT2D eigenvalue weighted by molar-refractivity contribution is 0.0780. The molecule has 0 bridgehead atoms. The smallest absolute Gasteiger partial charge is 0.412 e. The van der Waals surface area contributed by atoms with Gasteiger partial charge in [0, 0.05) is 56.0 Å². The number of nitrogens with zero attached hydrogens (tertiary/aromatic N) is 3. The van der Waals surface area contributed by atoms with Crippen molar-refractivity contribution in [3.63, 3.8) is 0 Å². The molecular weight excluding hydrogens is 478 g/mol. The molecule has 7 nitrogen and oxygen atoms in total. The SMILES string of the molecule is CN(CCN1C[C@H]2CC(N(C(=O)O)c3ccccc3-c3ccccc3)C[C@H]2C1)C(=O)c1ccc(C=O)cc1. The molecule has 0 spiro atoms. The Morgan fingerprint density at radius 2 is 1.55 bits per heavy atom. The fourth-order valence-electron chi connectivity index (χ4n) is 6.08. The largest absolute Gasteiger partial charge is 0.465 e. The van der Waals surface area contributed by atoms with Gasteiger partial charge in [-0.05, 0) is 48.4 Å². The number of benzene rings is 3. The van der Waals surface area contributed by atoms with Gasteiger partial charge in [-0.1, -0.05) is 60.7 Å². The summed E-state index contributed by atoms with van der Waals surface area (Å²) >= 11 is 0. The van der Waals surface area contributed by atoms with E-state index < -0.39 is 6.09 Å². The number of carbonyl (C=O) groups excluding carboxylic acids is 2. The summed E-state index contributed by atoms with van der Waals surface area (Å²) in [6.07, 6.45) is 1.55. The molecule has 1 heterocycles. The van der Waals surface area contributed by atoms with Crippen molar-refractivity contribution < 1.29 is 19.5 Å². The summed E-state index contributed by atoms with van der Waals surface area (Å²) in [5, 5.41) is 10.3. The standard InChI is InChI=1S/C31H33N3O4/c1-32(30(36)24-13-11-22(21-35)12-14-24)15-16-33-19-25-17-27(18-26(25)20-33)34(31(37)38)29-10-6-5-9-28(29)23-7-3-2-4-8-23/h2-14,21,25-27H,15-20H2,1H3,(H,37,38)/t25-,26+,27?. The number of fused-ring (bicyclic) bond motifs is 1. The van der Waals surface area contributed by atoms with Crippen LogP contribution < -0.4 is 4.90 Å². The second kappa shape index (κ2) is 11.2. The molecule has 1 saturated heterocycles. The first-order valence-electron chi connectivity index (χ1n) is 13.1. The number of likely N-dealkylation sites (tertiary alicyclic amines) is 1. The first-order valence-corrected chi connectivity index (χ1v) is 13.1. The van der Waals surface area contributed by atoms with E-state index in [0.29, 0.717) is 29.5 Å². The van der Waals surface area contributed by atoms with Crippen LogP contribution in [0.25, 0.3) is 11.1 Å². The molecule has 3 aromatic carbocycles. The van der Waals surface area contributed by atoms with Gasteiger partial charge >= 0.3 is 6.09 Å². The lowest BCUT2D eigenvalue weighted by atomic mass is 10.0. The monoisotopic (exact) mass is 511 g/mol. The van der Waals surface area contributed by atoms with Crippen molar-refractivity contribution in [1.29, 1.82) is 0 Å². The Bertz CT molecular complexity index is 1280. The second-order valence-corrected chi connectivity index (χ2v) is 10.4. The van der Waals surface area contributed by atoms with Gasteiger partial charge < -0.3 is 14.9 Å². The number of hydrogen-bond acceptors (Lipinski definition) is 4. The Hall–Kier alpha value is -3.97. The van der Waals surface area contributed by atoms with Crippen LogP contribution in [0.4, 0.5) is 10.5 Å². The summed E-state index contributed by atoms with van der Waals surface area (Å²) in [6, 6.07) is 24.3. The van der Waals surface area contributed by atoms with Crippen LogP contribution in [-0.4, -0.2) is 72.5 Å². The summed E-state index contributed by atoms with van der Waals surface area (Å²) in [5.74, 6) is 0.835. The molecule has 2 fully saturated rings. The zero-order chi connectivity index (χ0) is 26.6. The number of hydrogen-bond donors (Lipinski definition) is 1. The number of aldehydes is 1. The number of carboxylic acid groups (broad SMARTS) is 1. The Morgan fingerprint density at radius 3 is 2.18 bits per heavy atom. The molecule has 38 heavy (non-hydrogen) atoms. The van der Waals surface area contributed by atoms with Gasteiger partial charge in [0.2, 0.25) is 0 Å². The number of carbonyl (C=O) groups is 3. The van der Waals surface area contributed by atoms with Crippen molar-refractivity contribution in [2.24, 2.45) is 11.8 Å². The Morgan fingerprint density at radius 1 is 0.921 bits per heavy atom. The van der Waals surface area contributed by atoms with Gasteiger partial charge in [-0.15, -0.1) is 0 Å². The van der Waals surface area contributed by atoms with Crippen molar-refractivity contribution in [2.75, 3.05) is 38.1 Å². The molecule has 2 aliphatic rings. The molecule has 0 aromatic heterocycles. The highest BCUT2D eigenvalue weighted by atomic mass is 16.4. The molecule has 0 radical (unpaired) electrons. The molecule has 7 heteroatoms. The van der Waals surface area contributed by atoms with Crippen molar-refractivity contribution >= 4 is 24.0 Å². The van der Waals surface area contributed by atoms with E-state index in [1.165, 1.54) is 0 Å². The summed E-state index contributed by atoms with van der Waals surface area (Å²) in [4.78, 5) is 41.8. The molecule has 1 N–H and O–H groups in total. The predicted octanol–water partition coefficient (Wildman–Crippen LogP) is 5.13. The van der Waals surface area contributed by atoms with E-state index in [1.807, 2.05) is 54.6 Å². The van der Waals surface area contributed by atoms with Crippen molar-refractivity contribution in [3.05, 3.63) is 90.0 Å². The molecule has 5 rings (SSSR count). The summed E-state index contributed by atoms with van der Waals surface area (Å²) in [5.41, 5.74) is 3.81. The predicted molar refractivity (Wildman–Crippen MR) is 148 cm³/mol. The van der Waals surface area contributed by atoms with Crippen LogP contribution in [0.3, 0.4) is 0 Å². The molecule has 1 aliphatic carbocycles. The van der Waals surface area contributed by atoms with Crippen LogP contribution in [0, 0.1) is 11.8 Å². The van der Waals surface area contributed by atoms with Crippen molar-refractivity contribution in [3.8, 4) is 11.1 Å². The third-order valence-electron chi connectivity index (χ3n) is 8.01. The number of para-hydroxylation sites is 1. The van der Waals surface area contributed by atoms with E-state index in [4.69, 9.17) is 0 Å². The number of likely N-dealkylation sites (N-methyl/N-ethyl adjacent to an activating group) is 1. The minimum Gasteiger partial charge on any atom is -0.465 e. The molecule has 196 valence electrons. The maximum absolute atomic E-state index is 12.7. The minimum absolute atomic E-state index is 0.0481. The quantitative estimate of drug-likeness (QED) is 0.424.